The summed E-state index contributed by atoms with van der Waals surface area (Å²) >= 11 is 2.96. The molecule has 16 nitrogen and oxygen atoms in total. The highest BCUT2D eigenvalue weighted by Gasteiger charge is 2.36. The van der Waals surface area contributed by atoms with E-state index in [-0.39, 0.29) is 79.2 Å². The molecule has 0 saturated carbocycles. The van der Waals surface area contributed by atoms with Gasteiger partial charge in [0, 0.05) is 79.0 Å². The Morgan fingerprint density at radius 3 is 2.17 bits per heavy atom. The second-order valence-electron chi connectivity index (χ2n) is 18.3. The van der Waals surface area contributed by atoms with Crippen LogP contribution >= 0.6 is 23.5 Å². The minimum absolute atomic E-state index is 0.0480. The summed E-state index contributed by atoms with van der Waals surface area (Å²) in [6, 6.07) is 5.10. The van der Waals surface area contributed by atoms with Crippen molar-refractivity contribution in [2.75, 3.05) is 18.1 Å². The average Bonchev–Trinajstić information content (AvgIpc) is 3.76. The lowest BCUT2D eigenvalue weighted by Crippen LogP contribution is -2.50. The number of ketones is 3. The molecule has 360 valence electrons. The number of fused-ring (bicyclic) bond motifs is 2. The zero-order chi connectivity index (χ0) is 48.2. The van der Waals surface area contributed by atoms with E-state index >= 15 is 0 Å². The minimum atomic E-state index is -1.06. The van der Waals surface area contributed by atoms with Gasteiger partial charge in [0.15, 0.2) is 23.3 Å². The summed E-state index contributed by atoms with van der Waals surface area (Å²) in [5, 5.41) is 8.86. The Morgan fingerprint density at radius 1 is 0.908 bits per heavy atom. The van der Waals surface area contributed by atoms with E-state index in [4.69, 9.17) is 17.2 Å². The Labute approximate surface area is 393 Å². The lowest BCUT2D eigenvalue weighted by molar-refractivity contribution is -0.136. The van der Waals surface area contributed by atoms with E-state index in [1.165, 1.54) is 23.5 Å². The van der Waals surface area contributed by atoms with Gasteiger partial charge < -0.3 is 38.1 Å². The van der Waals surface area contributed by atoms with E-state index in [9.17, 15) is 33.6 Å². The predicted octanol–water partition coefficient (Wildman–Crippen LogP) is 4.24. The van der Waals surface area contributed by atoms with Gasteiger partial charge in [0.25, 0.3) is 0 Å². The van der Waals surface area contributed by atoms with Crippen molar-refractivity contribution in [1.82, 2.24) is 25.9 Å². The highest BCUT2D eigenvalue weighted by molar-refractivity contribution is 7.98. The number of guanidine groups is 1. The number of nitrogens with zero attached hydrogens (tertiary/aromatic N) is 2. The van der Waals surface area contributed by atoms with Crippen LogP contribution in [0.5, 0.6) is 0 Å². The number of hydrogen-bond acceptors (Lipinski definition) is 11. The van der Waals surface area contributed by atoms with Gasteiger partial charge in [0.1, 0.15) is 0 Å². The number of aromatic nitrogens is 2. The second kappa shape index (κ2) is 27.7. The molecule has 10 N–H and O–H groups in total. The van der Waals surface area contributed by atoms with Crippen molar-refractivity contribution >= 4 is 70.5 Å². The van der Waals surface area contributed by atoms with E-state index in [0.29, 0.717) is 42.9 Å². The lowest BCUT2D eigenvalue weighted by Gasteiger charge is -2.29. The Bertz CT molecular complexity index is 1920. The molecule has 1 aliphatic heterocycles. The summed E-state index contributed by atoms with van der Waals surface area (Å²) in [6.45, 7) is 13.3. The number of H-pyrrole nitrogens is 1. The van der Waals surface area contributed by atoms with Crippen molar-refractivity contribution in [3.8, 4) is 0 Å². The van der Waals surface area contributed by atoms with Crippen LogP contribution in [-0.4, -0.2) is 93.1 Å². The highest BCUT2D eigenvalue weighted by Crippen LogP contribution is 2.26. The fourth-order valence-electron chi connectivity index (χ4n) is 7.68. The predicted molar refractivity (Wildman–Crippen MR) is 258 cm³/mol. The number of amides is 4. The molecule has 2 heterocycles. The number of nitrogens with two attached hydrogens (primary N) is 3. The average molecular weight is 940 g/mol. The summed E-state index contributed by atoms with van der Waals surface area (Å²) in [7, 11) is 0. The Kier molecular flexibility index (Phi) is 23.3. The van der Waals surface area contributed by atoms with Crippen molar-refractivity contribution in [3.63, 3.8) is 0 Å². The van der Waals surface area contributed by atoms with E-state index in [1.807, 2.05) is 65.8 Å². The number of rotatable bonds is 17. The number of carbonyl (C=O) groups excluding carboxylic acids is 7. The number of primary amides is 1. The van der Waals surface area contributed by atoms with Crippen LogP contribution < -0.4 is 33.2 Å². The number of aromatic amines is 1. The summed E-state index contributed by atoms with van der Waals surface area (Å²) in [6.07, 6.45) is 4.42. The van der Waals surface area contributed by atoms with Gasteiger partial charge >= 0.3 is 0 Å². The first-order valence-electron chi connectivity index (χ1n) is 22.8. The molecule has 0 radical (unpaired) electrons. The van der Waals surface area contributed by atoms with Crippen molar-refractivity contribution in [2.45, 2.75) is 129 Å². The van der Waals surface area contributed by atoms with E-state index in [1.54, 1.807) is 19.4 Å². The molecule has 2 aromatic rings. The molecular weight excluding hydrogens is 867 g/mol. The molecule has 1 aliphatic rings. The molecular formula is C47H73N9O7S2. The quantitative estimate of drug-likeness (QED) is 0.0667. The van der Waals surface area contributed by atoms with Crippen LogP contribution in [0.4, 0.5) is 0 Å². The van der Waals surface area contributed by atoms with Gasteiger partial charge in [-0.1, -0.05) is 79.2 Å². The molecule has 18 heteroatoms. The zero-order valence-corrected chi connectivity index (χ0v) is 40.9. The van der Waals surface area contributed by atoms with Crippen LogP contribution in [0, 0.1) is 41.4 Å². The normalized spacial score (nSPS) is 22.4. The number of nitrogens with one attached hydrogen (secondary N) is 4. The van der Waals surface area contributed by atoms with Crippen LogP contribution in [0.25, 0.3) is 0 Å². The standard InChI is InChI=1S/C47H73N9O7S2/c1-8-29(6)42-41(59)18-33(43(48)60)24-64-22-31-11-9-12-32(17-31)23-65-25-34(19-39(57)38(15-27(2)3)55-44(61)30(7)16-35-21-51-26-53-35)45(62)54-37(13-10-14-52-47(49)50)40(58)20-36(28(4)5)46(63)56-42/h9,11-12,17,21,26-30,33-34,36-38,42H,8,10,13-16,18-20,22-25H2,1-7H3,(H2,48,60)(H,51,53)(H,54,62)(H,55,61)(H,56,63)(H4,49,50,52)/t29-,30-,33?,34?,36?,37?,38?,42?/m0/s1. The number of thioether (sulfide) groups is 2. The fraction of sp³-hybridized carbons (Fsp3) is 0.638. The SMILES string of the molecule is CC[C@H](C)C1NC(=O)C(C(C)C)CC(=O)C(CCCN=C(N)N)NC(=O)C(CC(=O)C(CC(C)C)NC(=O)[C@@H](C)Cc2cnc[nH]2)CSCc2cccc(c2)CSCC(C(N)=O)CC1=O. The van der Waals surface area contributed by atoms with E-state index in [0.717, 1.165) is 16.8 Å². The summed E-state index contributed by atoms with van der Waals surface area (Å²) < 4.78 is 0. The number of imidazole rings is 1. The molecule has 1 aromatic carbocycles. The van der Waals surface area contributed by atoms with Crippen LogP contribution in [0.15, 0.2) is 41.8 Å². The molecule has 0 saturated heterocycles. The summed E-state index contributed by atoms with van der Waals surface area (Å²) in [4.78, 5) is 108. The molecule has 4 amide bonds. The first kappa shape index (κ1) is 54.6. The topological polar surface area (TPSA) is 275 Å². The zero-order valence-electron chi connectivity index (χ0n) is 39.2. The molecule has 3 rings (SSSR count). The van der Waals surface area contributed by atoms with Crippen molar-refractivity contribution < 1.29 is 33.6 Å². The molecule has 0 spiro atoms. The molecule has 0 fully saturated rings. The third-order valence-corrected chi connectivity index (χ3v) is 14.2. The van der Waals surface area contributed by atoms with E-state index < -0.39 is 65.3 Å². The van der Waals surface area contributed by atoms with Crippen LogP contribution in [0.3, 0.4) is 0 Å². The Morgan fingerprint density at radius 2 is 1.58 bits per heavy atom. The minimum Gasteiger partial charge on any atom is -0.370 e. The number of Topliss-reactive ketones (excluding diaryl/α,β-unsaturated/α-hetero) is 3. The van der Waals surface area contributed by atoms with Crippen molar-refractivity contribution in [2.24, 2.45) is 63.6 Å². The molecule has 65 heavy (non-hydrogen) atoms. The Balaban J connectivity index is 2.03. The number of hydrogen-bond donors (Lipinski definition) is 7. The lowest BCUT2D eigenvalue weighted by atomic mass is 9.85. The summed E-state index contributed by atoms with van der Waals surface area (Å²) in [5.74, 6) is -4.92. The van der Waals surface area contributed by atoms with Crippen molar-refractivity contribution in [1.29, 1.82) is 0 Å². The van der Waals surface area contributed by atoms with Crippen LogP contribution in [0.1, 0.15) is 110 Å². The molecule has 8 atom stereocenters. The van der Waals surface area contributed by atoms with Gasteiger partial charge in [-0.3, -0.25) is 38.6 Å². The second-order valence-corrected chi connectivity index (χ2v) is 20.3. The maximum atomic E-state index is 14.5. The summed E-state index contributed by atoms with van der Waals surface area (Å²) in [5.41, 5.74) is 19.7. The highest BCUT2D eigenvalue weighted by atomic mass is 32.2. The number of aliphatic imine (C=N–C) groups is 1. The van der Waals surface area contributed by atoms with Gasteiger partial charge in [-0.05, 0) is 48.1 Å². The Hall–Kier alpha value is -4.71. The number of carbonyl (C=O) groups is 7. The van der Waals surface area contributed by atoms with Gasteiger partial charge in [-0.25, -0.2) is 4.98 Å². The van der Waals surface area contributed by atoms with Crippen LogP contribution in [-0.2, 0) is 51.5 Å². The molecule has 2 bridgehead atoms. The first-order valence-corrected chi connectivity index (χ1v) is 25.1. The van der Waals surface area contributed by atoms with Gasteiger partial charge in [0.05, 0.1) is 36.3 Å². The third kappa shape index (κ3) is 19.0. The molecule has 0 aliphatic carbocycles. The van der Waals surface area contributed by atoms with Crippen molar-refractivity contribution in [3.05, 3.63) is 53.6 Å². The number of benzene rings is 1. The van der Waals surface area contributed by atoms with E-state index in [2.05, 4.69) is 30.9 Å². The first-order chi connectivity index (χ1) is 30.8. The monoisotopic (exact) mass is 940 g/mol. The maximum absolute atomic E-state index is 14.5. The van der Waals surface area contributed by atoms with Crippen LogP contribution in [0.2, 0.25) is 0 Å². The van der Waals surface area contributed by atoms with Gasteiger partial charge in [-0.15, -0.1) is 0 Å². The van der Waals surface area contributed by atoms with Gasteiger partial charge in [0.2, 0.25) is 23.6 Å². The maximum Gasteiger partial charge on any atom is 0.224 e. The van der Waals surface area contributed by atoms with Gasteiger partial charge in [-0.2, -0.15) is 23.5 Å². The fourth-order valence-corrected chi connectivity index (χ4v) is 9.87. The smallest absolute Gasteiger partial charge is 0.224 e. The molecule has 1 aromatic heterocycles. The molecule has 6 unspecified atom stereocenters. The largest absolute Gasteiger partial charge is 0.370 e. The third-order valence-electron chi connectivity index (χ3n) is 11.8.